The number of hydrogen-bond donors (Lipinski definition) is 3. The highest BCUT2D eigenvalue weighted by Gasteiger charge is 2.29. The van der Waals surface area contributed by atoms with Gasteiger partial charge in [-0.15, -0.1) is 0 Å². The van der Waals surface area contributed by atoms with Crippen LogP contribution in [0.4, 0.5) is 11.4 Å². The molecule has 3 aromatic rings. The fourth-order valence-corrected chi connectivity index (χ4v) is 5.30. The van der Waals surface area contributed by atoms with E-state index in [1.54, 1.807) is 0 Å². The lowest BCUT2D eigenvalue weighted by atomic mass is 9.94. The highest BCUT2D eigenvalue weighted by molar-refractivity contribution is 6.04. The molecule has 0 unspecified atom stereocenters. The van der Waals surface area contributed by atoms with Crippen molar-refractivity contribution in [2.75, 3.05) is 30.8 Å². The molecular formula is C30H36N4O2. The van der Waals surface area contributed by atoms with Crippen LogP contribution < -0.4 is 10.6 Å². The summed E-state index contributed by atoms with van der Waals surface area (Å²) in [4.78, 5) is 20.3. The number of nitrogens with one attached hydrogen (secondary N) is 2. The maximum atomic E-state index is 13.3. The van der Waals surface area contributed by atoms with Crippen LogP contribution in [0.3, 0.4) is 0 Å². The van der Waals surface area contributed by atoms with Gasteiger partial charge in [0, 0.05) is 44.3 Å². The minimum Gasteiger partial charge on any atom is -0.393 e. The van der Waals surface area contributed by atoms with E-state index in [1.807, 2.05) is 31.4 Å². The Kier molecular flexibility index (Phi) is 7.08. The van der Waals surface area contributed by atoms with E-state index in [0.717, 1.165) is 60.5 Å². The number of aliphatic hydroxyl groups excluding tert-OH is 1. The van der Waals surface area contributed by atoms with E-state index >= 15 is 0 Å². The first-order valence-corrected chi connectivity index (χ1v) is 13.0. The number of anilines is 2. The summed E-state index contributed by atoms with van der Waals surface area (Å²) in [5, 5.41) is 16.2. The summed E-state index contributed by atoms with van der Waals surface area (Å²) < 4.78 is 0. The highest BCUT2D eigenvalue weighted by Crippen LogP contribution is 2.42. The van der Waals surface area contributed by atoms with Crippen molar-refractivity contribution >= 4 is 17.3 Å². The van der Waals surface area contributed by atoms with Crippen molar-refractivity contribution in [1.82, 2.24) is 9.88 Å². The number of benzene rings is 2. The summed E-state index contributed by atoms with van der Waals surface area (Å²) in [6, 6.07) is 14.3. The van der Waals surface area contributed by atoms with Crippen molar-refractivity contribution in [1.29, 1.82) is 0 Å². The Morgan fingerprint density at radius 2 is 1.64 bits per heavy atom. The second-order valence-electron chi connectivity index (χ2n) is 10.2. The summed E-state index contributed by atoms with van der Waals surface area (Å²) >= 11 is 0. The average Bonchev–Trinajstić information content (AvgIpc) is 3.73. The molecule has 2 aromatic carbocycles. The van der Waals surface area contributed by atoms with E-state index in [9.17, 15) is 9.90 Å². The van der Waals surface area contributed by atoms with Crippen LogP contribution >= 0.6 is 0 Å². The summed E-state index contributed by atoms with van der Waals surface area (Å²) in [7, 11) is 1.93. The maximum absolute atomic E-state index is 13.3. The number of amides is 1. The molecule has 0 radical (unpaired) electrons. The molecule has 0 spiro atoms. The van der Waals surface area contributed by atoms with Gasteiger partial charge in [0.1, 0.15) is 5.69 Å². The quantitative estimate of drug-likeness (QED) is 0.413. The van der Waals surface area contributed by atoms with Crippen molar-refractivity contribution in [2.45, 2.75) is 58.1 Å². The van der Waals surface area contributed by atoms with E-state index in [2.05, 4.69) is 58.6 Å². The number of rotatable bonds is 7. The largest absolute Gasteiger partial charge is 0.393 e. The van der Waals surface area contributed by atoms with Gasteiger partial charge in [-0.3, -0.25) is 14.7 Å². The first kappa shape index (κ1) is 24.5. The molecule has 3 N–H and O–H groups in total. The van der Waals surface area contributed by atoms with Crippen molar-refractivity contribution in [3.63, 3.8) is 0 Å². The molecular weight excluding hydrogens is 448 g/mol. The fourth-order valence-electron chi connectivity index (χ4n) is 5.30. The van der Waals surface area contributed by atoms with Crippen molar-refractivity contribution < 1.29 is 9.90 Å². The van der Waals surface area contributed by atoms with Crippen LogP contribution in [0.2, 0.25) is 0 Å². The van der Waals surface area contributed by atoms with E-state index in [4.69, 9.17) is 0 Å². The van der Waals surface area contributed by atoms with E-state index in [-0.39, 0.29) is 12.0 Å². The highest BCUT2D eigenvalue weighted by atomic mass is 16.3. The van der Waals surface area contributed by atoms with Gasteiger partial charge in [0.15, 0.2) is 0 Å². The van der Waals surface area contributed by atoms with Crippen molar-refractivity contribution in [3.05, 3.63) is 76.6 Å². The molecule has 0 atom stereocenters. The Labute approximate surface area is 213 Å². The van der Waals surface area contributed by atoms with Gasteiger partial charge in [0.05, 0.1) is 6.10 Å². The van der Waals surface area contributed by atoms with Gasteiger partial charge in [-0.2, -0.15) is 0 Å². The molecule has 2 heterocycles. The zero-order valence-corrected chi connectivity index (χ0v) is 21.5. The van der Waals surface area contributed by atoms with Gasteiger partial charge in [0.2, 0.25) is 0 Å². The molecule has 1 aromatic heterocycles. The summed E-state index contributed by atoms with van der Waals surface area (Å²) in [6.45, 7) is 6.81. The number of hydrogen-bond acceptors (Lipinski definition) is 5. The Morgan fingerprint density at radius 1 is 1.00 bits per heavy atom. The predicted molar refractivity (Wildman–Crippen MR) is 146 cm³/mol. The third-order valence-corrected chi connectivity index (χ3v) is 7.70. The molecule has 0 bridgehead atoms. The first-order chi connectivity index (χ1) is 17.4. The molecule has 36 heavy (non-hydrogen) atoms. The lowest BCUT2D eigenvalue weighted by molar-refractivity contribution is 0.0790. The van der Waals surface area contributed by atoms with Crippen LogP contribution in [0.1, 0.15) is 64.3 Å². The third-order valence-electron chi connectivity index (χ3n) is 7.70. The van der Waals surface area contributed by atoms with Gasteiger partial charge in [-0.05, 0) is 97.0 Å². The lowest BCUT2D eigenvalue weighted by Crippen LogP contribution is -2.35. The molecule has 1 aliphatic heterocycles. The summed E-state index contributed by atoms with van der Waals surface area (Å²) in [6.07, 6.45) is 5.70. The van der Waals surface area contributed by atoms with E-state index in [0.29, 0.717) is 11.6 Å². The Morgan fingerprint density at radius 3 is 2.28 bits per heavy atom. The standard InChI is InChI=1S/C30H36N4O2/c1-19-24(6-4-8-27(19)31-3)25-7-5-9-28(20(25)2)33-30(36)29-16-26(21-10-11-21)22(17-32-29)18-34-14-12-23(35)13-15-34/h4-9,16-17,21,23,31,35H,10-15,18H2,1-3H3,(H,33,36). The zero-order chi connectivity index (χ0) is 25.2. The number of piperidine rings is 1. The summed E-state index contributed by atoms with van der Waals surface area (Å²) in [5.74, 6) is 0.350. The van der Waals surface area contributed by atoms with Crippen LogP contribution in [0, 0.1) is 13.8 Å². The van der Waals surface area contributed by atoms with Crippen LogP contribution in [-0.4, -0.2) is 47.1 Å². The van der Waals surface area contributed by atoms with Crippen molar-refractivity contribution in [2.24, 2.45) is 0 Å². The number of nitrogens with zero attached hydrogens (tertiary/aromatic N) is 2. The molecule has 1 saturated carbocycles. The Hall–Kier alpha value is -3.22. The number of pyridine rings is 1. The molecule has 6 nitrogen and oxygen atoms in total. The van der Waals surface area contributed by atoms with E-state index in [1.165, 1.54) is 29.5 Å². The van der Waals surface area contributed by atoms with Gasteiger partial charge in [-0.25, -0.2) is 0 Å². The van der Waals surface area contributed by atoms with Gasteiger partial charge < -0.3 is 15.7 Å². The maximum Gasteiger partial charge on any atom is 0.274 e. The zero-order valence-electron chi connectivity index (χ0n) is 21.5. The number of aromatic nitrogens is 1. The van der Waals surface area contributed by atoms with Crippen molar-refractivity contribution in [3.8, 4) is 11.1 Å². The molecule has 188 valence electrons. The molecule has 5 rings (SSSR count). The molecule has 2 aliphatic rings. The van der Waals surface area contributed by atoms with Gasteiger partial charge in [0.25, 0.3) is 5.91 Å². The number of likely N-dealkylation sites (tertiary alicyclic amines) is 1. The topological polar surface area (TPSA) is 77.5 Å². The monoisotopic (exact) mass is 484 g/mol. The normalized spacial score (nSPS) is 16.7. The number of carbonyl (C=O) groups is 1. The third kappa shape index (κ3) is 5.15. The van der Waals surface area contributed by atoms with Crippen LogP contribution in [0.5, 0.6) is 0 Å². The van der Waals surface area contributed by atoms with E-state index < -0.39 is 0 Å². The molecule has 1 aliphatic carbocycles. The Balaban J connectivity index is 1.37. The van der Waals surface area contributed by atoms with Crippen LogP contribution in [0.15, 0.2) is 48.7 Å². The summed E-state index contributed by atoms with van der Waals surface area (Å²) in [5.41, 5.74) is 9.31. The average molecular weight is 485 g/mol. The van der Waals surface area contributed by atoms with Crippen LogP contribution in [-0.2, 0) is 6.54 Å². The van der Waals surface area contributed by atoms with Gasteiger partial charge in [-0.1, -0.05) is 24.3 Å². The predicted octanol–water partition coefficient (Wildman–Crippen LogP) is 5.49. The SMILES string of the molecule is CNc1cccc(-c2cccc(NC(=O)c3cc(C4CC4)c(CN4CCC(O)CC4)cn3)c2C)c1C. The minimum absolute atomic E-state index is 0.175. The van der Waals surface area contributed by atoms with Crippen LogP contribution in [0.25, 0.3) is 11.1 Å². The molecule has 1 amide bonds. The lowest BCUT2D eigenvalue weighted by Gasteiger charge is -2.30. The molecule has 2 fully saturated rings. The second kappa shape index (κ2) is 10.4. The minimum atomic E-state index is -0.175. The number of carbonyl (C=O) groups excluding carboxylic acids is 1. The Bertz CT molecular complexity index is 1260. The molecule has 1 saturated heterocycles. The molecule has 6 heteroatoms. The van der Waals surface area contributed by atoms with Gasteiger partial charge >= 0.3 is 0 Å². The second-order valence-corrected chi connectivity index (χ2v) is 10.2. The fraction of sp³-hybridized carbons (Fsp3) is 0.400. The number of aliphatic hydroxyl groups is 1. The first-order valence-electron chi connectivity index (χ1n) is 13.0. The smallest absolute Gasteiger partial charge is 0.274 e.